The van der Waals surface area contributed by atoms with E-state index in [9.17, 15) is 23.3 Å². The maximum absolute atomic E-state index is 12.5. The zero-order chi connectivity index (χ0) is 23.8. The van der Waals surface area contributed by atoms with Gasteiger partial charge in [0.05, 0.1) is 12.7 Å². The van der Waals surface area contributed by atoms with E-state index in [4.69, 9.17) is 4.18 Å². The molecule has 0 saturated carbocycles. The van der Waals surface area contributed by atoms with Crippen LogP contribution in [-0.2, 0) is 19.6 Å². The quantitative estimate of drug-likeness (QED) is 0.245. The van der Waals surface area contributed by atoms with Gasteiger partial charge in [-0.25, -0.2) is 4.79 Å². The Bertz CT molecular complexity index is 1340. The van der Waals surface area contributed by atoms with Crippen molar-refractivity contribution in [3.8, 4) is 11.8 Å². The molecule has 0 aliphatic rings. The molecular formula is C24H18N2O6S. The molecule has 0 aliphatic heterocycles. The van der Waals surface area contributed by atoms with Crippen molar-refractivity contribution >= 4 is 33.8 Å². The Hall–Kier alpha value is -4.42. The zero-order valence-corrected chi connectivity index (χ0v) is 18.2. The third-order valence-electron chi connectivity index (χ3n) is 4.34. The molecule has 1 N–H and O–H groups in total. The molecule has 3 aromatic carbocycles. The van der Waals surface area contributed by atoms with E-state index in [2.05, 4.69) is 10.1 Å². The number of nitrogens with one attached hydrogen (secondary N) is 1. The number of carbonyl (C=O) groups is 2. The van der Waals surface area contributed by atoms with Gasteiger partial charge >= 0.3 is 16.1 Å². The second-order valence-corrected chi connectivity index (χ2v) is 8.16. The molecule has 8 nitrogen and oxygen atoms in total. The number of carbonyl (C=O) groups excluding carboxylic acids is 2. The molecule has 0 saturated heterocycles. The van der Waals surface area contributed by atoms with E-state index in [-0.39, 0.29) is 16.2 Å². The molecule has 0 aromatic heterocycles. The smallest absolute Gasteiger partial charge is 0.339 e. The summed E-state index contributed by atoms with van der Waals surface area (Å²) in [5.41, 5.74) is 0.868. The van der Waals surface area contributed by atoms with Gasteiger partial charge in [-0.1, -0.05) is 30.3 Å². The van der Waals surface area contributed by atoms with Crippen LogP contribution in [0.2, 0.25) is 0 Å². The lowest BCUT2D eigenvalue weighted by Gasteiger charge is -2.08. The number of anilines is 1. The van der Waals surface area contributed by atoms with Crippen LogP contribution < -0.4 is 9.50 Å². The average molecular weight is 462 g/mol. The van der Waals surface area contributed by atoms with Gasteiger partial charge in [-0.2, -0.15) is 13.7 Å². The van der Waals surface area contributed by atoms with E-state index < -0.39 is 22.0 Å². The fourth-order valence-corrected chi connectivity index (χ4v) is 3.68. The molecule has 166 valence electrons. The minimum absolute atomic E-state index is 0.00116. The van der Waals surface area contributed by atoms with Crippen molar-refractivity contribution in [1.29, 1.82) is 5.26 Å². The van der Waals surface area contributed by atoms with Crippen molar-refractivity contribution in [2.45, 2.75) is 4.90 Å². The molecule has 33 heavy (non-hydrogen) atoms. The summed E-state index contributed by atoms with van der Waals surface area (Å²) in [6.45, 7) is 0. The number of nitriles is 1. The van der Waals surface area contributed by atoms with Gasteiger partial charge in [-0.15, -0.1) is 0 Å². The average Bonchev–Trinajstić information content (AvgIpc) is 2.83. The maximum Gasteiger partial charge on any atom is 0.339 e. The van der Waals surface area contributed by atoms with Crippen LogP contribution in [0.3, 0.4) is 0 Å². The van der Waals surface area contributed by atoms with Crippen LogP contribution in [0.5, 0.6) is 5.75 Å². The lowest BCUT2D eigenvalue weighted by atomic mass is 10.1. The number of methoxy groups -OCH3 is 1. The fourth-order valence-electron chi connectivity index (χ4n) is 2.74. The Balaban J connectivity index is 1.76. The Morgan fingerprint density at radius 1 is 0.970 bits per heavy atom. The van der Waals surface area contributed by atoms with Gasteiger partial charge in [0, 0.05) is 5.69 Å². The summed E-state index contributed by atoms with van der Waals surface area (Å²) in [6, 6.07) is 21.4. The number of rotatable bonds is 7. The summed E-state index contributed by atoms with van der Waals surface area (Å²) in [5, 5.41) is 12.0. The van der Waals surface area contributed by atoms with E-state index in [1.165, 1.54) is 61.7 Å². The van der Waals surface area contributed by atoms with Crippen LogP contribution in [0, 0.1) is 11.3 Å². The summed E-state index contributed by atoms with van der Waals surface area (Å²) < 4.78 is 34.6. The van der Waals surface area contributed by atoms with Gasteiger partial charge in [-0.3, -0.25) is 4.79 Å². The number of hydrogen-bond acceptors (Lipinski definition) is 7. The van der Waals surface area contributed by atoms with Crippen molar-refractivity contribution in [3.63, 3.8) is 0 Å². The van der Waals surface area contributed by atoms with Crippen LogP contribution in [0.25, 0.3) is 6.08 Å². The van der Waals surface area contributed by atoms with E-state index >= 15 is 0 Å². The monoisotopic (exact) mass is 462 g/mol. The first kappa shape index (κ1) is 23.2. The molecule has 0 bridgehead atoms. The molecule has 0 atom stereocenters. The largest absolute Gasteiger partial charge is 0.465 e. The Morgan fingerprint density at radius 2 is 1.67 bits per heavy atom. The second-order valence-electron chi connectivity index (χ2n) is 6.62. The molecule has 3 aromatic rings. The predicted octanol–water partition coefficient (Wildman–Crippen LogP) is 3.79. The lowest BCUT2D eigenvalue weighted by Crippen LogP contribution is -2.13. The SMILES string of the molecule is COC(=O)c1ccc(NC(=O)/C(C#N)=C\c2cccc(OS(=O)(=O)c3ccccc3)c2)cc1. The number of esters is 1. The van der Waals surface area contributed by atoms with Crippen molar-refractivity contribution in [2.75, 3.05) is 12.4 Å². The molecule has 0 radical (unpaired) electrons. The highest BCUT2D eigenvalue weighted by Gasteiger charge is 2.16. The number of amides is 1. The number of benzene rings is 3. The standard InChI is InChI=1S/C24H18N2O6S/c1-31-24(28)18-10-12-20(13-11-18)26-23(27)19(16-25)14-17-6-5-7-21(15-17)32-33(29,30)22-8-3-2-4-9-22/h2-15H,1H3,(H,26,27)/b19-14-. The summed E-state index contributed by atoms with van der Waals surface area (Å²) in [6.07, 6.45) is 1.31. The van der Waals surface area contributed by atoms with Crippen molar-refractivity contribution in [3.05, 3.63) is 95.6 Å². The van der Waals surface area contributed by atoms with Crippen LogP contribution >= 0.6 is 0 Å². The third kappa shape index (κ3) is 6.06. The van der Waals surface area contributed by atoms with E-state index in [1.807, 2.05) is 6.07 Å². The number of nitrogens with zero attached hydrogens (tertiary/aromatic N) is 1. The minimum Gasteiger partial charge on any atom is -0.465 e. The second kappa shape index (κ2) is 10.3. The molecule has 9 heteroatoms. The van der Waals surface area contributed by atoms with E-state index in [0.717, 1.165) is 0 Å². The first-order valence-corrected chi connectivity index (χ1v) is 10.9. The molecule has 0 unspecified atom stereocenters. The highest BCUT2D eigenvalue weighted by atomic mass is 32.2. The molecule has 0 heterocycles. The van der Waals surface area contributed by atoms with Crippen molar-refractivity contribution < 1.29 is 26.9 Å². The molecule has 0 aliphatic carbocycles. The first-order valence-electron chi connectivity index (χ1n) is 9.53. The van der Waals surface area contributed by atoms with Crippen LogP contribution in [-0.4, -0.2) is 27.4 Å². The zero-order valence-electron chi connectivity index (χ0n) is 17.4. The van der Waals surface area contributed by atoms with Crippen LogP contribution in [0.15, 0.2) is 89.3 Å². The highest BCUT2D eigenvalue weighted by molar-refractivity contribution is 7.87. The number of hydrogen-bond donors (Lipinski definition) is 1. The van der Waals surface area contributed by atoms with Crippen molar-refractivity contribution in [2.24, 2.45) is 0 Å². The van der Waals surface area contributed by atoms with Gasteiger partial charge in [-0.05, 0) is 60.2 Å². The topological polar surface area (TPSA) is 123 Å². The Morgan fingerprint density at radius 3 is 2.30 bits per heavy atom. The maximum atomic E-state index is 12.5. The van der Waals surface area contributed by atoms with Gasteiger partial charge < -0.3 is 14.2 Å². The summed E-state index contributed by atoms with van der Waals surface area (Å²) in [5.74, 6) is -1.16. The third-order valence-corrected chi connectivity index (χ3v) is 5.60. The van der Waals surface area contributed by atoms with E-state index in [0.29, 0.717) is 16.8 Å². The van der Waals surface area contributed by atoms with Crippen LogP contribution in [0.1, 0.15) is 15.9 Å². The minimum atomic E-state index is -4.03. The summed E-state index contributed by atoms with van der Waals surface area (Å²) in [7, 11) is -2.77. The molecule has 3 rings (SSSR count). The van der Waals surface area contributed by atoms with Gasteiger partial charge in [0.25, 0.3) is 5.91 Å². The number of ether oxygens (including phenoxy) is 1. The summed E-state index contributed by atoms with van der Waals surface area (Å²) in [4.78, 5) is 24.0. The van der Waals surface area contributed by atoms with Crippen molar-refractivity contribution in [1.82, 2.24) is 0 Å². The Labute approximate surface area is 190 Å². The molecule has 0 spiro atoms. The predicted molar refractivity (Wildman–Crippen MR) is 121 cm³/mol. The highest BCUT2D eigenvalue weighted by Crippen LogP contribution is 2.21. The molecule has 0 fully saturated rings. The lowest BCUT2D eigenvalue weighted by molar-refractivity contribution is -0.112. The molecular weight excluding hydrogens is 444 g/mol. The van der Waals surface area contributed by atoms with Gasteiger partial charge in [0.1, 0.15) is 22.3 Å². The molecule has 1 amide bonds. The van der Waals surface area contributed by atoms with Gasteiger partial charge in [0.2, 0.25) is 0 Å². The first-order chi connectivity index (χ1) is 15.8. The van der Waals surface area contributed by atoms with Gasteiger partial charge in [0.15, 0.2) is 0 Å². The fraction of sp³-hybridized carbons (Fsp3) is 0.0417. The normalized spacial score (nSPS) is 11.2. The summed E-state index contributed by atoms with van der Waals surface area (Å²) >= 11 is 0. The van der Waals surface area contributed by atoms with Crippen LogP contribution in [0.4, 0.5) is 5.69 Å². The van der Waals surface area contributed by atoms with E-state index in [1.54, 1.807) is 30.3 Å². The Kier molecular flexibility index (Phi) is 7.23.